The summed E-state index contributed by atoms with van der Waals surface area (Å²) in [7, 11) is 1.73. The number of hydrogen-bond acceptors (Lipinski definition) is 4. The quantitative estimate of drug-likeness (QED) is 0.746. The van der Waals surface area contributed by atoms with E-state index in [-0.39, 0.29) is 17.7 Å². The third-order valence-electron chi connectivity index (χ3n) is 3.85. The van der Waals surface area contributed by atoms with Gasteiger partial charge in [0.1, 0.15) is 0 Å². The van der Waals surface area contributed by atoms with Gasteiger partial charge >= 0.3 is 0 Å². The highest BCUT2D eigenvalue weighted by Crippen LogP contribution is 2.17. The van der Waals surface area contributed by atoms with Gasteiger partial charge in [-0.2, -0.15) is 5.26 Å². The van der Waals surface area contributed by atoms with Gasteiger partial charge in [0.25, 0.3) is 0 Å². The molecule has 0 saturated carbocycles. The summed E-state index contributed by atoms with van der Waals surface area (Å²) in [4.78, 5) is 27.5. The van der Waals surface area contributed by atoms with Crippen LogP contribution in [0.4, 0.5) is 0 Å². The van der Waals surface area contributed by atoms with Gasteiger partial charge in [-0.15, -0.1) is 0 Å². The van der Waals surface area contributed by atoms with Crippen LogP contribution in [0.1, 0.15) is 32.6 Å². The number of likely N-dealkylation sites (tertiary alicyclic amines) is 1. The Kier molecular flexibility index (Phi) is 7.76. The molecule has 0 aromatic heterocycles. The first-order valence-electron chi connectivity index (χ1n) is 7.69. The van der Waals surface area contributed by atoms with E-state index >= 15 is 0 Å². The maximum Gasteiger partial charge on any atom is 0.236 e. The van der Waals surface area contributed by atoms with Crippen molar-refractivity contribution >= 4 is 11.8 Å². The second kappa shape index (κ2) is 9.35. The van der Waals surface area contributed by atoms with Gasteiger partial charge in [0.15, 0.2) is 0 Å². The predicted molar refractivity (Wildman–Crippen MR) is 80.3 cm³/mol. The van der Waals surface area contributed by atoms with Crippen LogP contribution >= 0.6 is 0 Å². The Morgan fingerprint density at radius 1 is 1.38 bits per heavy atom. The smallest absolute Gasteiger partial charge is 0.236 e. The zero-order chi connectivity index (χ0) is 15.7. The van der Waals surface area contributed by atoms with E-state index in [1.165, 1.54) is 0 Å². The van der Waals surface area contributed by atoms with E-state index in [4.69, 9.17) is 5.26 Å². The van der Waals surface area contributed by atoms with Crippen LogP contribution in [-0.4, -0.2) is 61.4 Å². The number of carbonyl (C=O) groups excluding carboxylic acids is 2. The van der Waals surface area contributed by atoms with Crippen LogP contribution in [0.25, 0.3) is 0 Å². The summed E-state index contributed by atoms with van der Waals surface area (Å²) >= 11 is 0. The van der Waals surface area contributed by atoms with Gasteiger partial charge in [-0.3, -0.25) is 14.5 Å². The fourth-order valence-electron chi connectivity index (χ4n) is 2.40. The Morgan fingerprint density at radius 3 is 2.62 bits per heavy atom. The number of nitrogens with zero attached hydrogens (tertiary/aromatic N) is 3. The Morgan fingerprint density at radius 2 is 2.05 bits per heavy atom. The van der Waals surface area contributed by atoms with E-state index in [9.17, 15) is 9.59 Å². The van der Waals surface area contributed by atoms with Crippen molar-refractivity contribution in [3.63, 3.8) is 0 Å². The van der Waals surface area contributed by atoms with Gasteiger partial charge in [-0.25, -0.2) is 0 Å². The van der Waals surface area contributed by atoms with Crippen molar-refractivity contribution in [1.82, 2.24) is 15.1 Å². The third kappa shape index (κ3) is 6.13. The number of nitrogens with one attached hydrogen (secondary N) is 1. The van der Waals surface area contributed by atoms with Crippen molar-refractivity contribution in [1.29, 1.82) is 5.26 Å². The first-order valence-corrected chi connectivity index (χ1v) is 7.69. The van der Waals surface area contributed by atoms with Crippen LogP contribution in [0.5, 0.6) is 0 Å². The number of piperidine rings is 1. The number of hydrogen-bond donors (Lipinski definition) is 1. The van der Waals surface area contributed by atoms with Crippen LogP contribution in [-0.2, 0) is 9.59 Å². The number of rotatable bonds is 7. The van der Waals surface area contributed by atoms with Gasteiger partial charge in [0, 0.05) is 26.1 Å². The normalized spacial score (nSPS) is 16.2. The summed E-state index contributed by atoms with van der Waals surface area (Å²) in [6.45, 7) is 5.19. The number of amides is 2. The maximum absolute atomic E-state index is 12.0. The lowest BCUT2D eigenvalue weighted by atomic mass is 9.96. The first kappa shape index (κ1) is 17.4. The molecule has 0 aromatic carbocycles. The minimum Gasteiger partial charge on any atom is -0.356 e. The van der Waals surface area contributed by atoms with Crippen molar-refractivity contribution in [2.75, 3.05) is 39.8 Å². The van der Waals surface area contributed by atoms with Gasteiger partial charge in [-0.1, -0.05) is 6.92 Å². The molecule has 1 fully saturated rings. The monoisotopic (exact) mass is 294 g/mol. The van der Waals surface area contributed by atoms with Gasteiger partial charge in [0.2, 0.25) is 11.8 Å². The molecule has 0 aromatic rings. The molecular formula is C15H26N4O2. The van der Waals surface area contributed by atoms with Crippen molar-refractivity contribution in [2.24, 2.45) is 5.92 Å². The first-order chi connectivity index (χ1) is 10.1. The molecule has 2 amide bonds. The number of nitriles is 1. The molecule has 0 bridgehead atoms. The molecule has 0 aliphatic carbocycles. The van der Waals surface area contributed by atoms with Gasteiger partial charge in [-0.05, 0) is 32.4 Å². The van der Waals surface area contributed by atoms with Crippen molar-refractivity contribution in [3.8, 4) is 6.07 Å². The summed E-state index contributed by atoms with van der Waals surface area (Å²) in [6, 6.07) is 2.04. The topological polar surface area (TPSA) is 76.4 Å². The lowest BCUT2D eigenvalue weighted by molar-refractivity contribution is -0.131. The lowest BCUT2D eigenvalue weighted by Gasteiger charge is -2.31. The molecule has 0 unspecified atom stereocenters. The van der Waals surface area contributed by atoms with E-state index in [1.54, 1.807) is 11.9 Å². The zero-order valence-electron chi connectivity index (χ0n) is 13.1. The maximum atomic E-state index is 12.0. The molecule has 118 valence electrons. The SMILES string of the molecule is CCCNC(=O)C1CCN(CC(=O)N(C)CCC#N)CC1. The Hall–Kier alpha value is -1.61. The van der Waals surface area contributed by atoms with Crippen LogP contribution in [0.2, 0.25) is 0 Å². The van der Waals surface area contributed by atoms with Gasteiger partial charge < -0.3 is 10.2 Å². The fraction of sp³-hybridized carbons (Fsp3) is 0.800. The molecular weight excluding hydrogens is 268 g/mol. The zero-order valence-corrected chi connectivity index (χ0v) is 13.1. The van der Waals surface area contributed by atoms with Crippen LogP contribution in [0.3, 0.4) is 0 Å². The molecule has 0 spiro atoms. The highest BCUT2D eigenvalue weighted by atomic mass is 16.2. The second-order valence-corrected chi connectivity index (χ2v) is 5.56. The standard InChI is InChI=1S/C15H26N4O2/c1-3-8-17-15(21)13-5-10-19(11-6-13)12-14(20)18(2)9-4-7-16/h13H,3-6,8-12H2,1-2H3,(H,17,21). The highest BCUT2D eigenvalue weighted by Gasteiger charge is 2.26. The van der Waals surface area contributed by atoms with Crippen molar-refractivity contribution < 1.29 is 9.59 Å². The molecule has 6 nitrogen and oxygen atoms in total. The molecule has 1 aliphatic rings. The third-order valence-corrected chi connectivity index (χ3v) is 3.85. The summed E-state index contributed by atoms with van der Waals surface area (Å²) in [5.41, 5.74) is 0. The minimum atomic E-state index is 0.0409. The van der Waals surface area contributed by atoms with Crippen LogP contribution in [0.15, 0.2) is 0 Å². The summed E-state index contributed by atoms with van der Waals surface area (Å²) < 4.78 is 0. The van der Waals surface area contributed by atoms with Crippen LogP contribution in [0, 0.1) is 17.2 Å². The van der Waals surface area contributed by atoms with E-state index in [0.717, 1.165) is 38.9 Å². The molecule has 0 atom stereocenters. The lowest BCUT2D eigenvalue weighted by Crippen LogP contribution is -2.45. The average molecular weight is 294 g/mol. The number of carbonyl (C=O) groups is 2. The molecule has 0 radical (unpaired) electrons. The number of likely N-dealkylation sites (N-methyl/N-ethyl adjacent to an activating group) is 1. The summed E-state index contributed by atoms with van der Waals surface area (Å²) in [6.07, 6.45) is 2.94. The molecule has 1 heterocycles. The predicted octanol–water partition coefficient (Wildman–Crippen LogP) is 0.597. The van der Waals surface area contributed by atoms with E-state index < -0.39 is 0 Å². The molecule has 1 saturated heterocycles. The van der Waals surface area contributed by atoms with E-state index in [2.05, 4.69) is 10.2 Å². The molecule has 1 aliphatic heterocycles. The highest BCUT2D eigenvalue weighted by molar-refractivity contribution is 5.79. The molecule has 1 rings (SSSR count). The Bertz CT molecular complexity index is 384. The van der Waals surface area contributed by atoms with Gasteiger partial charge in [0.05, 0.1) is 19.0 Å². The molecule has 21 heavy (non-hydrogen) atoms. The Labute approximate surface area is 127 Å². The largest absolute Gasteiger partial charge is 0.356 e. The minimum absolute atomic E-state index is 0.0409. The van der Waals surface area contributed by atoms with E-state index in [0.29, 0.717) is 19.5 Å². The van der Waals surface area contributed by atoms with Crippen molar-refractivity contribution in [3.05, 3.63) is 0 Å². The molecule has 6 heteroatoms. The summed E-state index contributed by atoms with van der Waals surface area (Å²) in [5.74, 6) is 0.271. The Balaban J connectivity index is 2.28. The average Bonchev–Trinajstić information content (AvgIpc) is 2.50. The summed E-state index contributed by atoms with van der Waals surface area (Å²) in [5, 5.41) is 11.5. The second-order valence-electron chi connectivity index (χ2n) is 5.56. The fourth-order valence-corrected chi connectivity index (χ4v) is 2.40. The van der Waals surface area contributed by atoms with Crippen LogP contribution < -0.4 is 5.32 Å². The molecule has 1 N–H and O–H groups in total. The van der Waals surface area contributed by atoms with E-state index in [1.807, 2.05) is 13.0 Å². The van der Waals surface area contributed by atoms with Crippen molar-refractivity contribution in [2.45, 2.75) is 32.6 Å².